The van der Waals surface area contributed by atoms with Gasteiger partial charge in [0.15, 0.2) is 0 Å². The maximum atomic E-state index is 12.5. The minimum atomic E-state index is -1.75. The Morgan fingerprint density at radius 1 is 1.08 bits per heavy atom. The molecule has 2 aromatic carbocycles. The number of nitrogens with one attached hydrogen (secondary N) is 1. The van der Waals surface area contributed by atoms with Crippen molar-refractivity contribution in [1.82, 2.24) is 10.2 Å². The number of carbonyl (C=O) groups is 2. The lowest BCUT2D eigenvalue weighted by molar-refractivity contribution is -0.133. The number of aryl methyl sites for hydroxylation is 1. The highest BCUT2D eigenvalue weighted by Gasteiger charge is 2.26. The minimum Gasteiger partial charge on any atom is -0.449 e. The van der Waals surface area contributed by atoms with Gasteiger partial charge in [-0.1, -0.05) is 48.0 Å². The summed E-state index contributed by atoms with van der Waals surface area (Å²) in [6.45, 7) is 5.05. The average molecular weight is 514 g/mol. The number of halogens is 1. The van der Waals surface area contributed by atoms with E-state index in [-0.39, 0.29) is 18.9 Å². The van der Waals surface area contributed by atoms with Gasteiger partial charge in [0.2, 0.25) is 5.91 Å². The van der Waals surface area contributed by atoms with E-state index in [2.05, 4.69) is 11.4 Å². The van der Waals surface area contributed by atoms with Gasteiger partial charge in [-0.2, -0.15) is 5.26 Å². The van der Waals surface area contributed by atoms with Crippen LogP contribution in [0, 0.1) is 17.2 Å². The Morgan fingerprint density at radius 3 is 2.31 bits per heavy atom. The molecule has 1 unspecified atom stereocenters. The van der Waals surface area contributed by atoms with Crippen LogP contribution in [-0.4, -0.2) is 59.7 Å². The maximum absolute atomic E-state index is 12.5. The van der Waals surface area contributed by atoms with Gasteiger partial charge in [-0.05, 0) is 61.9 Å². The van der Waals surface area contributed by atoms with E-state index in [9.17, 15) is 24.9 Å². The molecule has 0 aliphatic heterocycles. The van der Waals surface area contributed by atoms with E-state index in [1.807, 2.05) is 38.1 Å². The molecule has 0 heterocycles. The molecule has 2 amide bonds. The number of rotatable bonds is 13. The molecule has 2 rings (SSSR count). The number of carbonyl (C=O) groups excluding carboxylic acids is 2. The van der Waals surface area contributed by atoms with Gasteiger partial charge in [0.05, 0.1) is 18.6 Å². The van der Waals surface area contributed by atoms with Crippen LogP contribution in [0.3, 0.4) is 0 Å². The monoisotopic (exact) mass is 513 g/mol. The van der Waals surface area contributed by atoms with Gasteiger partial charge in [-0.3, -0.25) is 4.79 Å². The van der Waals surface area contributed by atoms with Gasteiger partial charge < -0.3 is 25.0 Å². The zero-order valence-corrected chi connectivity index (χ0v) is 21.4. The summed E-state index contributed by atoms with van der Waals surface area (Å²) in [4.78, 5) is 26.3. The number of alkyl carbamates (subject to hydrolysis) is 1. The van der Waals surface area contributed by atoms with Crippen LogP contribution >= 0.6 is 11.6 Å². The zero-order valence-electron chi connectivity index (χ0n) is 20.7. The van der Waals surface area contributed by atoms with Crippen molar-refractivity contribution >= 4 is 30.7 Å². The first-order valence-electron chi connectivity index (χ1n) is 12.1. The quantitative estimate of drug-likeness (QED) is 0.354. The second-order valence-electron chi connectivity index (χ2n) is 8.43. The van der Waals surface area contributed by atoms with Crippen molar-refractivity contribution < 1.29 is 24.4 Å². The summed E-state index contributed by atoms with van der Waals surface area (Å²) in [7, 11) is -1.75. The summed E-state index contributed by atoms with van der Waals surface area (Å²) in [6.07, 6.45) is 0.940. The van der Waals surface area contributed by atoms with Crippen molar-refractivity contribution in [2.45, 2.75) is 45.5 Å². The van der Waals surface area contributed by atoms with Crippen LogP contribution < -0.4 is 5.32 Å². The van der Waals surface area contributed by atoms with E-state index in [0.717, 1.165) is 16.7 Å². The Hall–Kier alpha value is -3.06. The molecule has 0 saturated carbocycles. The van der Waals surface area contributed by atoms with Crippen LogP contribution in [0.2, 0.25) is 5.02 Å². The molecule has 36 heavy (non-hydrogen) atoms. The highest BCUT2D eigenvalue weighted by Crippen LogP contribution is 2.15. The Bertz CT molecular complexity index is 1020. The summed E-state index contributed by atoms with van der Waals surface area (Å²) >= 11 is 5.87. The second-order valence-corrected chi connectivity index (χ2v) is 8.87. The standard InChI is InChI=1S/C26H33BClN3O5/c1-3-31(4-2)25(32)22(18-29)11-8-19-6-5-7-20(16-19)14-15-36-26(33)30-24(27(34)35)17-21-9-12-23(28)13-10-21/h5-7,9-10,12-13,16,22,24,34-35H,3-4,8,11,14-15,17H2,1-2H3,(H,30,33)/t22?,24-/m0/s1. The lowest BCUT2D eigenvalue weighted by Crippen LogP contribution is -2.48. The predicted octanol–water partition coefficient (Wildman–Crippen LogP) is 3.17. The first kappa shape index (κ1) is 29.2. The summed E-state index contributed by atoms with van der Waals surface area (Å²) in [5, 5.41) is 31.7. The summed E-state index contributed by atoms with van der Waals surface area (Å²) in [5.41, 5.74) is 2.73. The first-order chi connectivity index (χ1) is 17.3. The predicted molar refractivity (Wildman–Crippen MR) is 139 cm³/mol. The molecular formula is C26H33BClN3O5. The molecule has 0 radical (unpaired) electrons. The minimum absolute atomic E-state index is 0.103. The Labute approximate surface area is 218 Å². The Kier molecular flexibility index (Phi) is 12.3. The van der Waals surface area contributed by atoms with Crippen LogP contribution in [0.1, 0.15) is 37.0 Å². The second kappa shape index (κ2) is 15.1. The van der Waals surface area contributed by atoms with Gasteiger partial charge in [-0.25, -0.2) is 4.79 Å². The molecule has 0 aliphatic rings. The van der Waals surface area contributed by atoms with E-state index in [1.165, 1.54) is 0 Å². The number of ether oxygens (including phenoxy) is 1. The van der Waals surface area contributed by atoms with E-state index in [0.29, 0.717) is 37.4 Å². The van der Waals surface area contributed by atoms with Crippen LogP contribution in [0.25, 0.3) is 0 Å². The van der Waals surface area contributed by atoms with Gasteiger partial charge in [0, 0.05) is 24.5 Å². The summed E-state index contributed by atoms with van der Waals surface area (Å²) < 4.78 is 5.23. The Balaban J connectivity index is 1.83. The molecule has 0 aliphatic carbocycles. The number of nitrogens with zero attached hydrogens (tertiary/aromatic N) is 2. The SMILES string of the molecule is CCN(CC)C(=O)C(C#N)CCc1cccc(CCOC(=O)N[C@@H](Cc2ccc(Cl)cc2)B(O)O)c1. The zero-order chi connectivity index (χ0) is 26.5. The largest absolute Gasteiger partial charge is 0.475 e. The Morgan fingerprint density at radius 2 is 1.72 bits per heavy atom. The normalized spacial score (nSPS) is 12.2. The average Bonchev–Trinajstić information content (AvgIpc) is 2.86. The maximum Gasteiger partial charge on any atom is 0.475 e. The molecule has 192 valence electrons. The van der Waals surface area contributed by atoms with E-state index >= 15 is 0 Å². The number of nitriles is 1. The van der Waals surface area contributed by atoms with Gasteiger partial charge >= 0.3 is 13.2 Å². The van der Waals surface area contributed by atoms with Gasteiger partial charge in [-0.15, -0.1) is 0 Å². The molecule has 8 nitrogen and oxygen atoms in total. The van der Waals surface area contributed by atoms with Crippen LogP contribution in [-0.2, 0) is 28.8 Å². The molecule has 2 atom stereocenters. The number of benzene rings is 2. The van der Waals surface area contributed by atoms with Crippen molar-refractivity contribution in [2.24, 2.45) is 5.92 Å². The van der Waals surface area contributed by atoms with Crippen molar-refractivity contribution in [3.8, 4) is 6.07 Å². The van der Waals surface area contributed by atoms with Crippen molar-refractivity contribution in [1.29, 1.82) is 5.26 Å². The molecule has 0 saturated heterocycles. The van der Waals surface area contributed by atoms with Crippen molar-refractivity contribution in [3.05, 3.63) is 70.2 Å². The van der Waals surface area contributed by atoms with Crippen LogP contribution in [0.4, 0.5) is 4.79 Å². The first-order valence-corrected chi connectivity index (χ1v) is 12.4. The molecule has 0 fully saturated rings. The van der Waals surface area contributed by atoms with Crippen molar-refractivity contribution in [3.63, 3.8) is 0 Å². The molecule has 10 heteroatoms. The summed E-state index contributed by atoms with van der Waals surface area (Å²) in [5.74, 6) is -1.75. The van der Waals surface area contributed by atoms with E-state index in [1.54, 1.807) is 29.2 Å². The highest BCUT2D eigenvalue weighted by molar-refractivity contribution is 6.43. The smallest absolute Gasteiger partial charge is 0.449 e. The molecule has 0 spiro atoms. The molecule has 0 aromatic heterocycles. The molecule has 0 bridgehead atoms. The van der Waals surface area contributed by atoms with Gasteiger partial charge in [0.1, 0.15) is 5.92 Å². The van der Waals surface area contributed by atoms with E-state index < -0.39 is 25.1 Å². The third-order valence-electron chi connectivity index (χ3n) is 5.90. The number of hydrogen-bond acceptors (Lipinski definition) is 6. The molecule has 3 N–H and O–H groups in total. The third-order valence-corrected chi connectivity index (χ3v) is 6.15. The van der Waals surface area contributed by atoms with Gasteiger partial charge in [0.25, 0.3) is 0 Å². The number of hydrogen-bond donors (Lipinski definition) is 3. The molecule has 2 aromatic rings. The fourth-order valence-corrected chi connectivity index (χ4v) is 3.94. The van der Waals surface area contributed by atoms with Crippen LogP contribution in [0.5, 0.6) is 0 Å². The fourth-order valence-electron chi connectivity index (χ4n) is 3.81. The number of amides is 2. The van der Waals surface area contributed by atoms with Crippen LogP contribution in [0.15, 0.2) is 48.5 Å². The molecular weight excluding hydrogens is 481 g/mol. The highest BCUT2D eigenvalue weighted by atomic mass is 35.5. The third kappa shape index (κ3) is 9.54. The van der Waals surface area contributed by atoms with Crippen molar-refractivity contribution in [2.75, 3.05) is 19.7 Å². The summed E-state index contributed by atoms with van der Waals surface area (Å²) in [6, 6.07) is 16.7. The van der Waals surface area contributed by atoms with E-state index in [4.69, 9.17) is 16.3 Å². The fraction of sp³-hybridized carbons (Fsp3) is 0.423. The lowest BCUT2D eigenvalue weighted by atomic mass is 9.76. The lowest BCUT2D eigenvalue weighted by Gasteiger charge is -2.21. The topological polar surface area (TPSA) is 123 Å².